The predicted octanol–water partition coefficient (Wildman–Crippen LogP) is 3.79. The summed E-state index contributed by atoms with van der Waals surface area (Å²) in [5.41, 5.74) is 1.22. The van der Waals surface area contributed by atoms with Gasteiger partial charge in [0.25, 0.3) is 0 Å². The maximum Gasteiger partial charge on any atom is 0.161 e. The minimum absolute atomic E-state index is 0.274. The van der Waals surface area contributed by atoms with Crippen molar-refractivity contribution in [1.82, 2.24) is 5.32 Å². The number of hydrogen-bond acceptors (Lipinski definition) is 4. The Kier molecular flexibility index (Phi) is 4.29. The van der Waals surface area contributed by atoms with Gasteiger partial charge >= 0.3 is 0 Å². The van der Waals surface area contributed by atoms with Gasteiger partial charge in [0, 0.05) is 27.2 Å². The minimum atomic E-state index is 0.274. The zero-order valence-electron chi connectivity index (χ0n) is 11.2. The summed E-state index contributed by atoms with van der Waals surface area (Å²) in [6.07, 6.45) is 0.965. The maximum atomic E-state index is 5.66. The van der Waals surface area contributed by atoms with Crippen LogP contribution in [0.5, 0.6) is 11.5 Å². The summed E-state index contributed by atoms with van der Waals surface area (Å²) in [6, 6.07) is 8.64. The van der Waals surface area contributed by atoms with Gasteiger partial charge in [-0.2, -0.15) is 0 Å². The Morgan fingerprint density at radius 2 is 2.05 bits per heavy atom. The highest BCUT2D eigenvalue weighted by Gasteiger charge is 2.17. The molecule has 1 aromatic heterocycles. The second-order valence-electron chi connectivity index (χ2n) is 4.68. The molecule has 2 heterocycles. The van der Waals surface area contributed by atoms with Crippen LogP contribution in [0, 0.1) is 0 Å². The second-order valence-corrected chi connectivity index (χ2v) is 6.59. The average molecular weight is 354 g/mol. The quantitative estimate of drug-likeness (QED) is 0.906. The molecule has 0 fully saturated rings. The van der Waals surface area contributed by atoms with Crippen molar-refractivity contribution < 1.29 is 9.47 Å². The summed E-state index contributed by atoms with van der Waals surface area (Å²) < 4.78 is 12.4. The highest BCUT2D eigenvalue weighted by atomic mass is 79.9. The van der Waals surface area contributed by atoms with Crippen LogP contribution in [0.4, 0.5) is 0 Å². The van der Waals surface area contributed by atoms with E-state index in [0.29, 0.717) is 13.2 Å². The first kappa shape index (κ1) is 13.9. The zero-order valence-corrected chi connectivity index (χ0v) is 13.6. The molecule has 1 unspecified atom stereocenters. The standard InChI is InChI=1S/C15H16BrNO2S/c1-17-13(8-12-7-11(16)9-20-12)10-2-3-14-15(6-10)19-5-4-18-14/h2-3,6-7,9,13,17H,4-5,8H2,1H3. The Morgan fingerprint density at radius 3 is 2.75 bits per heavy atom. The van der Waals surface area contributed by atoms with Crippen molar-refractivity contribution in [1.29, 1.82) is 0 Å². The van der Waals surface area contributed by atoms with E-state index in [1.54, 1.807) is 11.3 Å². The molecule has 5 heteroatoms. The van der Waals surface area contributed by atoms with Crippen LogP contribution in [0.3, 0.4) is 0 Å². The first-order valence-corrected chi connectivity index (χ1v) is 8.23. The Hall–Kier alpha value is -1.04. The largest absolute Gasteiger partial charge is 0.486 e. The normalized spacial score (nSPS) is 15.1. The van der Waals surface area contributed by atoms with Crippen LogP contribution in [-0.2, 0) is 6.42 Å². The van der Waals surface area contributed by atoms with E-state index in [1.165, 1.54) is 10.4 Å². The van der Waals surface area contributed by atoms with Gasteiger partial charge in [-0.05, 0) is 46.7 Å². The minimum Gasteiger partial charge on any atom is -0.486 e. The van der Waals surface area contributed by atoms with Crippen LogP contribution < -0.4 is 14.8 Å². The molecular formula is C15H16BrNO2S. The summed E-state index contributed by atoms with van der Waals surface area (Å²) >= 11 is 5.28. The number of benzene rings is 1. The number of ether oxygens (including phenoxy) is 2. The van der Waals surface area contributed by atoms with Gasteiger partial charge < -0.3 is 14.8 Å². The van der Waals surface area contributed by atoms with Crippen LogP contribution >= 0.6 is 27.3 Å². The number of rotatable bonds is 4. The molecule has 0 amide bonds. The number of likely N-dealkylation sites (N-methyl/N-ethyl adjacent to an activating group) is 1. The molecule has 2 aromatic rings. The van der Waals surface area contributed by atoms with Crippen molar-refractivity contribution in [3.8, 4) is 11.5 Å². The van der Waals surface area contributed by atoms with Crippen LogP contribution in [0.25, 0.3) is 0 Å². The number of thiophene rings is 1. The summed E-state index contributed by atoms with van der Waals surface area (Å²) in [7, 11) is 1.99. The molecule has 1 N–H and O–H groups in total. The fourth-order valence-electron chi connectivity index (χ4n) is 2.33. The molecule has 3 rings (SSSR count). The van der Waals surface area contributed by atoms with Crippen molar-refractivity contribution in [3.05, 3.63) is 44.6 Å². The first-order valence-electron chi connectivity index (χ1n) is 6.56. The monoisotopic (exact) mass is 353 g/mol. The molecule has 20 heavy (non-hydrogen) atoms. The van der Waals surface area contributed by atoms with Gasteiger partial charge in [-0.15, -0.1) is 11.3 Å². The van der Waals surface area contributed by atoms with Gasteiger partial charge in [-0.1, -0.05) is 6.07 Å². The smallest absolute Gasteiger partial charge is 0.161 e. The molecule has 0 saturated heterocycles. The average Bonchev–Trinajstić information content (AvgIpc) is 2.89. The highest BCUT2D eigenvalue weighted by molar-refractivity contribution is 9.10. The van der Waals surface area contributed by atoms with E-state index in [-0.39, 0.29) is 6.04 Å². The zero-order chi connectivity index (χ0) is 13.9. The van der Waals surface area contributed by atoms with E-state index in [2.05, 4.69) is 44.8 Å². The summed E-state index contributed by atoms with van der Waals surface area (Å²) in [5, 5.41) is 5.49. The summed E-state index contributed by atoms with van der Waals surface area (Å²) in [4.78, 5) is 1.35. The molecule has 1 atom stereocenters. The number of hydrogen-bond donors (Lipinski definition) is 1. The lowest BCUT2D eigenvalue weighted by Crippen LogP contribution is -2.20. The molecule has 1 aromatic carbocycles. The molecule has 0 aliphatic carbocycles. The predicted molar refractivity (Wildman–Crippen MR) is 85.0 cm³/mol. The maximum absolute atomic E-state index is 5.66. The van der Waals surface area contributed by atoms with Crippen molar-refractivity contribution in [2.45, 2.75) is 12.5 Å². The fraction of sp³-hybridized carbons (Fsp3) is 0.333. The lowest BCUT2D eigenvalue weighted by Gasteiger charge is -2.21. The van der Waals surface area contributed by atoms with E-state index in [0.717, 1.165) is 22.4 Å². The van der Waals surface area contributed by atoms with Crippen molar-refractivity contribution >= 4 is 27.3 Å². The van der Waals surface area contributed by atoms with E-state index >= 15 is 0 Å². The Bertz CT molecular complexity index is 599. The van der Waals surface area contributed by atoms with E-state index in [1.807, 2.05) is 13.1 Å². The molecule has 0 saturated carbocycles. The fourth-order valence-corrected chi connectivity index (χ4v) is 3.82. The van der Waals surface area contributed by atoms with Crippen molar-refractivity contribution in [3.63, 3.8) is 0 Å². The van der Waals surface area contributed by atoms with Crippen LogP contribution in [0.15, 0.2) is 34.1 Å². The van der Waals surface area contributed by atoms with Gasteiger partial charge in [0.05, 0.1) is 0 Å². The van der Waals surface area contributed by atoms with Gasteiger partial charge in [0.1, 0.15) is 13.2 Å². The Morgan fingerprint density at radius 1 is 1.25 bits per heavy atom. The third-order valence-corrected chi connectivity index (χ3v) is 5.06. The van der Waals surface area contributed by atoms with Crippen molar-refractivity contribution in [2.75, 3.05) is 20.3 Å². The van der Waals surface area contributed by atoms with Crippen molar-refractivity contribution in [2.24, 2.45) is 0 Å². The summed E-state index contributed by atoms with van der Waals surface area (Å²) in [6.45, 7) is 1.25. The molecular weight excluding hydrogens is 338 g/mol. The summed E-state index contributed by atoms with van der Waals surface area (Å²) in [5.74, 6) is 1.69. The Labute approximate surface area is 131 Å². The third-order valence-electron chi connectivity index (χ3n) is 3.34. The van der Waals surface area contributed by atoms with Gasteiger partial charge in [-0.25, -0.2) is 0 Å². The van der Waals surface area contributed by atoms with Crippen LogP contribution in [-0.4, -0.2) is 20.3 Å². The molecule has 0 spiro atoms. The van der Waals surface area contributed by atoms with Crippen LogP contribution in [0.2, 0.25) is 0 Å². The van der Waals surface area contributed by atoms with E-state index in [9.17, 15) is 0 Å². The first-order chi connectivity index (χ1) is 9.76. The highest BCUT2D eigenvalue weighted by Crippen LogP contribution is 2.34. The Balaban J connectivity index is 1.81. The van der Waals surface area contributed by atoms with E-state index < -0.39 is 0 Å². The molecule has 1 aliphatic rings. The van der Waals surface area contributed by atoms with Gasteiger partial charge in [-0.3, -0.25) is 0 Å². The molecule has 0 radical (unpaired) electrons. The molecule has 1 aliphatic heterocycles. The molecule has 0 bridgehead atoms. The molecule has 3 nitrogen and oxygen atoms in total. The number of halogens is 1. The molecule has 106 valence electrons. The van der Waals surface area contributed by atoms with Crippen LogP contribution in [0.1, 0.15) is 16.5 Å². The lowest BCUT2D eigenvalue weighted by atomic mass is 10.0. The van der Waals surface area contributed by atoms with Gasteiger partial charge in [0.15, 0.2) is 11.5 Å². The second kappa shape index (κ2) is 6.16. The SMILES string of the molecule is CNC(Cc1cc(Br)cs1)c1ccc2c(c1)OCCO2. The van der Waals surface area contributed by atoms with Gasteiger partial charge in [0.2, 0.25) is 0 Å². The topological polar surface area (TPSA) is 30.5 Å². The lowest BCUT2D eigenvalue weighted by molar-refractivity contribution is 0.171. The number of fused-ring (bicyclic) bond motifs is 1. The van der Waals surface area contributed by atoms with E-state index in [4.69, 9.17) is 9.47 Å². The third kappa shape index (κ3) is 3.00. The number of nitrogens with one attached hydrogen (secondary N) is 1.